The number of nitrogens with zero attached hydrogens (tertiary/aromatic N) is 23. The highest BCUT2D eigenvalue weighted by atomic mass is 15.5. The Kier molecular flexibility index (Phi) is 25.6. The zero-order valence-corrected chi connectivity index (χ0v) is 77.5. The van der Waals surface area contributed by atoms with Crippen LogP contribution in [0.1, 0.15) is 111 Å². The van der Waals surface area contributed by atoms with Crippen molar-refractivity contribution < 1.29 is 0 Å². The number of benzene rings is 9. The summed E-state index contributed by atoms with van der Waals surface area (Å²) >= 11 is 0. The lowest BCUT2D eigenvalue weighted by molar-refractivity contribution is 0.601. The minimum absolute atomic E-state index is 0.0956. The minimum atomic E-state index is 0.0956. The van der Waals surface area contributed by atoms with Gasteiger partial charge in [0.2, 0.25) is 0 Å². The summed E-state index contributed by atoms with van der Waals surface area (Å²) in [6, 6.07) is 78.5. The van der Waals surface area contributed by atoms with E-state index in [9.17, 15) is 0 Å². The van der Waals surface area contributed by atoms with Crippen molar-refractivity contribution in [2.45, 2.75) is 168 Å². The highest BCUT2D eigenvalue weighted by Gasteiger charge is 2.44. The van der Waals surface area contributed by atoms with E-state index >= 15 is 0 Å². The predicted molar refractivity (Wildman–Crippen MR) is 530 cm³/mol. The van der Waals surface area contributed by atoms with Crippen LogP contribution in [-0.2, 0) is 0 Å². The monoisotopic (exact) mass is 1710 g/mol. The number of rotatable bonds is 10. The number of fused-ring (bicyclic) bond motifs is 6. The van der Waals surface area contributed by atoms with E-state index < -0.39 is 0 Å². The van der Waals surface area contributed by atoms with Crippen molar-refractivity contribution in [1.82, 2.24) is 54.8 Å². The van der Waals surface area contributed by atoms with Gasteiger partial charge >= 0.3 is 0 Å². The van der Waals surface area contributed by atoms with Gasteiger partial charge in [-0.05, 0) is 253 Å². The lowest BCUT2D eigenvalue weighted by Gasteiger charge is -2.32. The second-order valence-electron chi connectivity index (χ2n) is 33.8. The molecule has 23 heteroatoms. The Balaban J connectivity index is 0.000000114. The molecule has 12 heterocycles. The fourth-order valence-electron chi connectivity index (χ4n) is 18.6. The van der Waals surface area contributed by atoms with Crippen LogP contribution in [0.3, 0.4) is 0 Å². The number of aromatic nitrogens is 11. The maximum Gasteiger partial charge on any atom is 0.178 e. The molecule has 23 nitrogen and oxygen atoms in total. The number of anilines is 21. The SMILES string of the molecule is Cc1cc(C)cc(N2c3cccnc3N(c3ccccc3C)[C@@H]2C)c1.Cc1ccccc1N1c2nccnc2N(C(C)C)[C@H]1C.Cc1ccccc1N1c2nccnc2N(C)[C@H]1C.Cc1ccccc1N1c2nccnc2N(C)[C@H]1C.Cc1ccccc1N1c2nccnc2N(c2c(C)cccc2C)[C@H]1C.Cc1ccccc1N1c2nccnc2N(c2ccccc2)[C@H]1C. The van der Waals surface area contributed by atoms with Gasteiger partial charge in [0.05, 0.1) is 11.4 Å². The molecule has 6 atom stereocenters. The summed E-state index contributed by atoms with van der Waals surface area (Å²) in [6.07, 6.45) is 20.5. The third-order valence-corrected chi connectivity index (χ3v) is 25.0. The van der Waals surface area contributed by atoms with Crippen LogP contribution in [-0.4, -0.2) is 112 Å². The highest BCUT2D eigenvalue weighted by Crippen LogP contribution is 2.52. The molecule has 0 N–H and O–H groups in total. The molecular weight excluding hydrogens is 1600 g/mol. The average Bonchev–Trinajstić information content (AvgIpc) is 1.60. The van der Waals surface area contributed by atoms with Gasteiger partial charge in [-0.1, -0.05) is 152 Å². The minimum Gasteiger partial charge on any atom is -0.336 e. The van der Waals surface area contributed by atoms with Crippen LogP contribution in [0.5, 0.6) is 0 Å². The number of hydrogen-bond donors (Lipinski definition) is 0. The van der Waals surface area contributed by atoms with Gasteiger partial charge in [0.25, 0.3) is 0 Å². The molecule has 6 aromatic heterocycles. The van der Waals surface area contributed by atoms with E-state index in [1.807, 2.05) is 18.3 Å². The zero-order chi connectivity index (χ0) is 90.6. The van der Waals surface area contributed by atoms with Gasteiger partial charge in [0, 0.05) is 134 Å². The molecule has 0 fully saturated rings. The van der Waals surface area contributed by atoms with Gasteiger partial charge in [-0.3, -0.25) is 0 Å². The molecular formula is C106H115N23. The summed E-state index contributed by atoms with van der Waals surface area (Å²) in [4.78, 5) is 77.3. The van der Waals surface area contributed by atoms with E-state index in [0.29, 0.717) is 6.04 Å². The average molecular weight is 1710 g/mol. The first-order valence-corrected chi connectivity index (χ1v) is 44.3. The van der Waals surface area contributed by atoms with E-state index in [2.05, 4.69) is 460 Å². The van der Waals surface area contributed by atoms with E-state index in [1.165, 1.54) is 101 Å². The second kappa shape index (κ2) is 37.7. The van der Waals surface area contributed by atoms with Crippen LogP contribution in [0.4, 0.5) is 121 Å². The first-order valence-electron chi connectivity index (χ1n) is 44.3. The smallest absolute Gasteiger partial charge is 0.178 e. The number of para-hydroxylation sites is 8. The summed E-state index contributed by atoms with van der Waals surface area (Å²) in [5, 5.41) is 0. The van der Waals surface area contributed by atoms with Gasteiger partial charge < -0.3 is 58.8 Å². The Morgan fingerprint density at radius 1 is 0.209 bits per heavy atom. The molecule has 6 aliphatic rings. The van der Waals surface area contributed by atoms with Crippen molar-refractivity contribution in [2.75, 3.05) is 72.9 Å². The van der Waals surface area contributed by atoms with Gasteiger partial charge in [-0.15, -0.1) is 0 Å². The summed E-state index contributed by atoms with van der Waals surface area (Å²) in [5.41, 5.74) is 24.4. The molecule has 6 aliphatic heterocycles. The molecule has 21 rings (SSSR count). The van der Waals surface area contributed by atoms with Crippen LogP contribution in [0.15, 0.2) is 293 Å². The molecule has 0 spiro atoms. The van der Waals surface area contributed by atoms with E-state index in [0.717, 1.165) is 75.4 Å². The maximum absolute atomic E-state index is 4.71. The lowest BCUT2D eigenvalue weighted by Crippen LogP contribution is -2.42. The topological polar surface area (TPSA) is 181 Å². The van der Waals surface area contributed by atoms with Crippen molar-refractivity contribution in [3.63, 3.8) is 0 Å². The first kappa shape index (κ1) is 87.6. The number of aryl methyl sites for hydroxylation is 10. The van der Waals surface area contributed by atoms with Crippen molar-refractivity contribution in [3.05, 3.63) is 348 Å². The molecule has 0 unspecified atom stereocenters. The highest BCUT2D eigenvalue weighted by molar-refractivity contribution is 5.90. The molecule has 654 valence electrons. The molecule has 0 amide bonds. The van der Waals surface area contributed by atoms with Crippen molar-refractivity contribution in [1.29, 1.82) is 0 Å². The summed E-state index contributed by atoms with van der Waals surface area (Å²) < 4.78 is 0. The van der Waals surface area contributed by atoms with Crippen molar-refractivity contribution >= 4 is 121 Å². The first-order chi connectivity index (χ1) is 62.4. The maximum atomic E-state index is 4.71. The second-order valence-corrected chi connectivity index (χ2v) is 33.8. The summed E-state index contributed by atoms with van der Waals surface area (Å²) in [7, 11) is 4.10. The van der Waals surface area contributed by atoms with Gasteiger partial charge in [-0.2, -0.15) is 0 Å². The lowest BCUT2D eigenvalue weighted by atomic mass is 10.1. The molecule has 129 heavy (non-hydrogen) atoms. The Hall–Kier alpha value is -14.9. The van der Waals surface area contributed by atoms with Crippen molar-refractivity contribution in [3.8, 4) is 0 Å². The largest absolute Gasteiger partial charge is 0.336 e. The van der Waals surface area contributed by atoms with Crippen LogP contribution >= 0.6 is 0 Å². The fourth-order valence-corrected chi connectivity index (χ4v) is 18.6. The quantitative estimate of drug-likeness (QED) is 0.126. The Morgan fingerprint density at radius 3 is 0.845 bits per heavy atom. The van der Waals surface area contributed by atoms with Crippen LogP contribution < -0.4 is 58.8 Å². The fraction of sp³-hybridized carbons (Fsp3) is 0.255. The molecule has 0 aliphatic carbocycles. The van der Waals surface area contributed by atoms with Gasteiger partial charge in [0.1, 0.15) is 37.0 Å². The van der Waals surface area contributed by atoms with E-state index in [4.69, 9.17) is 4.98 Å². The molecule has 0 saturated carbocycles. The summed E-state index contributed by atoms with van der Waals surface area (Å²) in [6.45, 7) is 39.0. The van der Waals surface area contributed by atoms with E-state index in [1.54, 1.807) is 62.0 Å². The third-order valence-electron chi connectivity index (χ3n) is 25.0. The standard InChI is InChI=1S/C22H23N3.C21H22N4.C19H18N4.C16H20N4.2C14H16N4/c1-15-12-16(2)14-19(13-15)24-18(4)25(20-9-6-5-8-17(20)3)22-21(24)10-7-11-23-22;1-14-8-5-6-11-18(14)24-17(4)25(21-20(24)22-12-13-23-21)19-15(2)9-7-10-16(19)3;1-14-8-6-7-11-17(14)23-15(2)22(16-9-4-3-5-10-16)18-19(23)21-13-12-20-18;1-11(2)19-13(4)20(14-8-6-5-7-12(14)3)16-15(19)17-9-10-18-16;2*1-10-6-4-5-7-12(10)18-11(2)17(3)13-14(18)16-9-8-15-13/h5-14,18H,1-4H3;5-13,17H,1-4H3;3-13,15H,1-2H3;5-11,13H,1-4H3;2*4-9,11H,1-3H3/t18-;17-;15-;13-;2*11-/m101111/s1. The number of pyridine rings is 1. The Bertz CT molecular complexity index is 6320. The normalized spacial score (nSPS) is 17.0. The molecule has 9 aromatic carbocycles. The van der Waals surface area contributed by atoms with Gasteiger partial charge in [-0.25, -0.2) is 54.8 Å². The van der Waals surface area contributed by atoms with Crippen LogP contribution in [0, 0.1) is 69.2 Å². The molecule has 15 aromatic rings. The zero-order valence-electron chi connectivity index (χ0n) is 77.5. The van der Waals surface area contributed by atoms with Crippen LogP contribution in [0.25, 0.3) is 0 Å². The summed E-state index contributed by atoms with van der Waals surface area (Å²) in [5.74, 6) is 10.3. The molecule has 0 bridgehead atoms. The molecule has 0 saturated heterocycles. The van der Waals surface area contributed by atoms with E-state index in [-0.39, 0.29) is 37.0 Å². The van der Waals surface area contributed by atoms with Gasteiger partial charge in [0.15, 0.2) is 64.0 Å². The van der Waals surface area contributed by atoms with Crippen LogP contribution in [0.2, 0.25) is 0 Å². The molecule has 0 radical (unpaired) electrons. The third kappa shape index (κ3) is 16.9. The number of hydrogen-bond acceptors (Lipinski definition) is 23. The Morgan fingerprint density at radius 2 is 0.473 bits per heavy atom. The van der Waals surface area contributed by atoms with Crippen molar-refractivity contribution in [2.24, 2.45) is 0 Å². The predicted octanol–water partition coefficient (Wildman–Crippen LogP) is 24.0. The Labute approximate surface area is 760 Å².